The smallest absolute Gasteiger partial charge is 0.303 e. The van der Waals surface area contributed by atoms with Crippen molar-refractivity contribution in [3.8, 4) is 11.5 Å². The topological polar surface area (TPSA) is 113 Å². The molecule has 1 aromatic rings. The zero-order chi connectivity index (χ0) is 24.3. The summed E-state index contributed by atoms with van der Waals surface area (Å²) in [5.74, 6) is -0.991. The van der Waals surface area contributed by atoms with E-state index >= 15 is 0 Å². The van der Waals surface area contributed by atoms with Gasteiger partial charge in [-0.1, -0.05) is 44.2 Å². The van der Waals surface area contributed by atoms with Crippen molar-refractivity contribution >= 4 is 23.9 Å². The highest BCUT2D eigenvalue weighted by Gasteiger charge is 2.23. The fourth-order valence-electron chi connectivity index (χ4n) is 3.54. The number of aromatic hydroxyl groups is 2. The van der Waals surface area contributed by atoms with Gasteiger partial charge in [0.1, 0.15) is 11.5 Å². The Morgan fingerprint density at radius 1 is 1.09 bits per heavy atom. The molecular formula is C24H37ClO7. The van der Waals surface area contributed by atoms with E-state index in [9.17, 15) is 19.8 Å². The van der Waals surface area contributed by atoms with Crippen LogP contribution >= 0.6 is 11.6 Å². The van der Waals surface area contributed by atoms with Gasteiger partial charge in [-0.05, 0) is 51.5 Å². The Hall–Kier alpha value is -1.83. The van der Waals surface area contributed by atoms with Gasteiger partial charge in [0.2, 0.25) is 0 Å². The molecule has 1 fully saturated rings. The van der Waals surface area contributed by atoms with Crippen LogP contribution in [0.1, 0.15) is 87.2 Å². The molecule has 0 saturated carbocycles. The van der Waals surface area contributed by atoms with E-state index in [4.69, 9.17) is 26.2 Å². The van der Waals surface area contributed by atoms with Crippen molar-refractivity contribution in [3.05, 3.63) is 21.7 Å². The number of halogens is 1. The molecule has 0 spiro atoms. The fourth-order valence-corrected chi connectivity index (χ4v) is 3.76. The number of carboxylic acid groups (broad SMARTS) is 1. The van der Waals surface area contributed by atoms with Gasteiger partial charge < -0.3 is 24.8 Å². The summed E-state index contributed by atoms with van der Waals surface area (Å²) in [5.41, 5.74) is 0.836. The van der Waals surface area contributed by atoms with Gasteiger partial charge in [-0.25, -0.2) is 0 Å². The molecule has 0 bridgehead atoms. The van der Waals surface area contributed by atoms with Crippen LogP contribution in [0, 0.1) is 12.8 Å². The molecule has 8 heteroatoms. The number of aliphatic carboxylic acids is 1. The minimum absolute atomic E-state index is 0.113. The minimum Gasteiger partial charge on any atom is -0.507 e. The van der Waals surface area contributed by atoms with Crippen LogP contribution in [-0.2, 0) is 20.7 Å². The van der Waals surface area contributed by atoms with E-state index in [-0.39, 0.29) is 34.3 Å². The first-order valence-electron chi connectivity index (χ1n) is 11.2. The summed E-state index contributed by atoms with van der Waals surface area (Å²) >= 11 is 6.03. The van der Waals surface area contributed by atoms with Crippen molar-refractivity contribution in [2.24, 2.45) is 5.92 Å². The summed E-state index contributed by atoms with van der Waals surface area (Å²) < 4.78 is 10.2. The third-order valence-corrected chi connectivity index (χ3v) is 6.06. The van der Waals surface area contributed by atoms with Crippen molar-refractivity contribution in [1.29, 1.82) is 0 Å². The second-order valence-corrected chi connectivity index (χ2v) is 9.11. The average Bonchev–Trinajstić information content (AvgIpc) is 3.14. The third-order valence-electron chi connectivity index (χ3n) is 5.59. The molecule has 0 amide bonds. The highest BCUT2D eigenvalue weighted by Crippen LogP contribution is 2.40. The molecule has 0 radical (unpaired) electrons. The van der Waals surface area contributed by atoms with Gasteiger partial charge in [0.15, 0.2) is 12.1 Å². The van der Waals surface area contributed by atoms with Crippen LogP contribution in [-0.4, -0.2) is 46.6 Å². The molecule has 1 saturated heterocycles. The average molecular weight is 473 g/mol. The molecule has 1 heterocycles. The zero-order valence-corrected chi connectivity index (χ0v) is 20.3. The second-order valence-electron chi connectivity index (χ2n) is 8.73. The van der Waals surface area contributed by atoms with Crippen LogP contribution in [0.5, 0.6) is 11.5 Å². The SMILES string of the molecule is CC1(C)OCCO1.Cc1c(Cl)c(O)c(CCCCCCC(C)CCC(=O)O)c(O)c1C=O. The number of carbonyl (C=O) groups excluding carboxylic acids is 1. The van der Waals surface area contributed by atoms with Gasteiger partial charge in [-0.2, -0.15) is 0 Å². The first-order chi connectivity index (χ1) is 15.0. The first kappa shape index (κ1) is 28.2. The number of aldehydes is 1. The zero-order valence-electron chi connectivity index (χ0n) is 19.6. The molecule has 1 aliphatic rings. The minimum atomic E-state index is -0.752. The highest BCUT2D eigenvalue weighted by molar-refractivity contribution is 6.33. The Labute approximate surface area is 195 Å². The monoisotopic (exact) mass is 472 g/mol. The van der Waals surface area contributed by atoms with E-state index in [1.54, 1.807) is 6.92 Å². The Bertz CT molecular complexity index is 753. The van der Waals surface area contributed by atoms with Gasteiger partial charge in [-0.3, -0.25) is 9.59 Å². The molecule has 1 atom stereocenters. The van der Waals surface area contributed by atoms with Crippen molar-refractivity contribution < 1.29 is 34.4 Å². The standard InChI is InChI=1S/C19H27ClO5.C5H10O2/c1-12(9-10-16(22)23)7-5-3-4-6-8-14-18(24)15(11-21)13(2)17(20)19(14)25;1-5(2)6-3-4-7-5/h11-12,24-25H,3-10H2,1-2H3,(H,22,23);3-4H2,1-2H3. The lowest BCUT2D eigenvalue weighted by molar-refractivity contribution is -0.137. The Kier molecular flexibility index (Phi) is 12.0. The van der Waals surface area contributed by atoms with Gasteiger partial charge in [0.05, 0.1) is 23.8 Å². The van der Waals surface area contributed by atoms with Gasteiger partial charge in [-0.15, -0.1) is 0 Å². The maximum Gasteiger partial charge on any atom is 0.303 e. The van der Waals surface area contributed by atoms with E-state index in [0.29, 0.717) is 36.2 Å². The largest absolute Gasteiger partial charge is 0.507 e. The number of phenols is 2. The van der Waals surface area contributed by atoms with Crippen molar-refractivity contribution in [2.45, 2.75) is 84.8 Å². The Morgan fingerprint density at radius 3 is 2.19 bits per heavy atom. The van der Waals surface area contributed by atoms with Crippen LogP contribution in [0.3, 0.4) is 0 Å². The normalized spacial score (nSPS) is 15.7. The predicted octanol–water partition coefficient (Wildman–Crippen LogP) is 5.64. The lowest BCUT2D eigenvalue weighted by Gasteiger charge is -2.14. The summed E-state index contributed by atoms with van der Waals surface area (Å²) in [6.07, 6.45) is 6.63. The summed E-state index contributed by atoms with van der Waals surface area (Å²) in [6, 6.07) is 0. The number of rotatable bonds is 11. The molecule has 2 rings (SSSR count). The summed E-state index contributed by atoms with van der Waals surface area (Å²) in [5, 5.41) is 29.0. The number of benzene rings is 1. The predicted molar refractivity (Wildman–Crippen MR) is 124 cm³/mol. The van der Waals surface area contributed by atoms with E-state index < -0.39 is 5.97 Å². The van der Waals surface area contributed by atoms with Crippen LogP contribution in [0.25, 0.3) is 0 Å². The molecule has 0 aromatic heterocycles. The second kappa shape index (κ2) is 13.7. The number of phenolic OH excluding ortho intramolecular Hbond substituents is 2. The molecule has 1 aromatic carbocycles. The molecule has 3 N–H and O–H groups in total. The van der Waals surface area contributed by atoms with Crippen LogP contribution in [0.15, 0.2) is 0 Å². The number of carbonyl (C=O) groups is 2. The maximum atomic E-state index is 11.1. The van der Waals surface area contributed by atoms with Gasteiger partial charge in [0.25, 0.3) is 0 Å². The van der Waals surface area contributed by atoms with Crippen LogP contribution in [0.2, 0.25) is 5.02 Å². The molecule has 7 nitrogen and oxygen atoms in total. The molecule has 1 aliphatic heterocycles. The van der Waals surface area contributed by atoms with E-state index in [1.165, 1.54) is 0 Å². The highest BCUT2D eigenvalue weighted by atomic mass is 35.5. The molecule has 1 unspecified atom stereocenters. The van der Waals surface area contributed by atoms with Crippen LogP contribution in [0.4, 0.5) is 0 Å². The quantitative estimate of drug-likeness (QED) is 0.282. The molecule has 32 heavy (non-hydrogen) atoms. The summed E-state index contributed by atoms with van der Waals surface area (Å²) in [7, 11) is 0. The van der Waals surface area contributed by atoms with Gasteiger partial charge >= 0.3 is 5.97 Å². The van der Waals surface area contributed by atoms with E-state index in [2.05, 4.69) is 6.92 Å². The number of carboxylic acids is 1. The molecule has 0 aliphatic carbocycles. The van der Waals surface area contributed by atoms with Crippen LogP contribution < -0.4 is 0 Å². The summed E-state index contributed by atoms with van der Waals surface area (Å²) in [6.45, 7) is 8.97. The summed E-state index contributed by atoms with van der Waals surface area (Å²) in [4.78, 5) is 21.6. The third kappa shape index (κ3) is 9.35. The van der Waals surface area contributed by atoms with Crippen molar-refractivity contribution in [2.75, 3.05) is 13.2 Å². The Morgan fingerprint density at radius 2 is 1.69 bits per heavy atom. The number of unbranched alkanes of at least 4 members (excludes halogenated alkanes) is 3. The molecular weight excluding hydrogens is 436 g/mol. The van der Waals surface area contributed by atoms with E-state index in [0.717, 1.165) is 45.3 Å². The molecule has 182 valence electrons. The number of hydrogen-bond acceptors (Lipinski definition) is 6. The van der Waals surface area contributed by atoms with Crippen molar-refractivity contribution in [3.63, 3.8) is 0 Å². The Balaban J connectivity index is 0.000000616. The lowest BCUT2D eigenvalue weighted by Crippen LogP contribution is -2.18. The maximum absolute atomic E-state index is 11.1. The fraction of sp³-hybridized carbons (Fsp3) is 0.667. The van der Waals surface area contributed by atoms with E-state index in [1.807, 2.05) is 13.8 Å². The number of hydrogen-bond donors (Lipinski definition) is 3. The first-order valence-corrected chi connectivity index (χ1v) is 11.6. The number of ether oxygens (including phenoxy) is 2. The van der Waals surface area contributed by atoms with Crippen molar-refractivity contribution in [1.82, 2.24) is 0 Å². The van der Waals surface area contributed by atoms with Gasteiger partial charge in [0, 0.05) is 12.0 Å². The lowest BCUT2D eigenvalue weighted by atomic mass is 9.96.